The van der Waals surface area contributed by atoms with Crippen LogP contribution in [0.3, 0.4) is 0 Å². The van der Waals surface area contributed by atoms with Gasteiger partial charge in [0.05, 0.1) is 13.2 Å². The van der Waals surface area contributed by atoms with Gasteiger partial charge in [-0.1, -0.05) is 6.92 Å². The topological polar surface area (TPSA) is 53.3 Å². The molecule has 0 aromatic carbocycles. The number of aryl methyl sites for hydroxylation is 1. The van der Waals surface area contributed by atoms with Gasteiger partial charge in [0.1, 0.15) is 5.82 Å². The molecule has 20 heavy (non-hydrogen) atoms. The molecular weight excluding hydrogens is 252 g/mol. The van der Waals surface area contributed by atoms with E-state index < -0.39 is 0 Å². The number of nitrogens with one attached hydrogen (secondary N) is 1. The van der Waals surface area contributed by atoms with Crippen molar-refractivity contribution in [3.8, 4) is 0 Å². The molecule has 0 saturated carbocycles. The van der Waals surface area contributed by atoms with Crippen molar-refractivity contribution in [2.45, 2.75) is 45.2 Å². The molecular formula is C15H30N4O. The van der Waals surface area contributed by atoms with Crippen LogP contribution >= 0.6 is 0 Å². The Labute approximate surface area is 123 Å². The third-order valence-electron chi connectivity index (χ3n) is 3.75. The highest BCUT2D eigenvalue weighted by atomic mass is 16.3. The monoisotopic (exact) mass is 282 g/mol. The number of aliphatic hydroxyl groups excluding tert-OH is 1. The summed E-state index contributed by atoms with van der Waals surface area (Å²) in [6, 6.07) is 0. The fourth-order valence-corrected chi connectivity index (χ4v) is 2.26. The first-order chi connectivity index (χ1) is 9.50. The Bertz CT molecular complexity index is 380. The van der Waals surface area contributed by atoms with Crippen LogP contribution in [0.15, 0.2) is 12.4 Å². The zero-order valence-corrected chi connectivity index (χ0v) is 13.4. The molecule has 1 aromatic rings. The normalized spacial score (nSPS) is 14.7. The van der Waals surface area contributed by atoms with E-state index in [1.54, 1.807) is 0 Å². The molecule has 0 aliphatic carbocycles. The largest absolute Gasteiger partial charge is 0.394 e. The lowest BCUT2D eigenvalue weighted by molar-refractivity contribution is 0.158. The molecule has 0 amide bonds. The predicted octanol–water partition coefficient (Wildman–Crippen LogP) is 1.38. The van der Waals surface area contributed by atoms with E-state index in [1.807, 2.05) is 19.4 Å². The highest BCUT2D eigenvalue weighted by Crippen LogP contribution is 2.12. The number of nitrogens with zero attached hydrogens (tertiary/aromatic N) is 3. The molecule has 2 N–H and O–H groups in total. The van der Waals surface area contributed by atoms with Gasteiger partial charge in [0, 0.05) is 25.0 Å². The summed E-state index contributed by atoms with van der Waals surface area (Å²) in [6.45, 7) is 7.26. The van der Waals surface area contributed by atoms with Crippen molar-refractivity contribution in [2.24, 2.45) is 7.05 Å². The SMILES string of the molecule is CCCNC(C)(CO)CCCN(C)Cc1nccn1C. The average molecular weight is 282 g/mol. The molecule has 0 saturated heterocycles. The van der Waals surface area contributed by atoms with Gasteiger partial charge >= 0.3 is 0 Å². The van der Waals surface area contributed by atoms with E-state index in [1.165, 1.54) is 0 Å². The second-order valence-corrected chi connectivity index (χ2v) is 5.94. The van der Waals surface area contributed by atoms with Crippen LogP contribution in [-0.2, 0) is 13.6 Å². The molecule has 1 aromatic heterocycles. The summed E-state index contributed by atoms with van der Waals surface area (Å²) in [7, 11) is 4.14. The second-order valence-electron chi connectivity index (χ2n) is 5.94. The maximum absolute atomic E-state index is 9.53. The Morgan fingerprint density at radius 1 is 1.50 bits per heavy atom. The highest BCUT2D eigenvalue weighted by molar-refractivity contribution is 4.90. The summed E-state index contributed by atoms with van der Waals surface area (Å²) in [4.78, 5) is 6.62. The van der Waals surface area contributed by atoms with Gasteiger partial charge in [0.15, 0.2) is 0 Å². The molecule has 0 aliphatic rings. The number of rotatable bonds is 10. The summed E-state index contributed by atoms with van der Waals surface area (Å²) in [6.07, 6.45) is 6.94. The van der Waals surface area contributed by atoms with E-state index >= 15 is 0 Å². The third kappa shape index (κ3) is 5.61. The lowest BCUT2D eigenvalue weighted by atomic mass is 9.96. The first-order valence-corrected chi connectivity index (χ1v) is 7.51. The minimum Gasteiger partial charge on any atom is -0.394 e. The summed E-state index contributed by atoms with van der Waals surface area (Å²) >= 11 is 0. The van der Waals surface area contributed by atoms with Crippen molar-refractivity contribution in [3.63, 3.8) is 0 Å². The Morgan fingerprint density at radius 2 is 2.25 bits per heavy atom. The van der Waals surface area contributed by atoms with Gasteiger partial charge in [-0.05, 0) is 46.3 Å². The average Bonchev–Trinajstić information content (AvgIpc) is 2.82. The lowest BCUT2D eigenvalue weighted by Gasteiger charge is -2.29. The van der Waals surface area contributed by atoms with Crippen LogP contribution in [0.2, 0.25) is 0 Å². The molecule has 1 rings (SSSR count). The number of aromatic nitrogens is 2. The molecule has 0 aliphatic heterocycles. The summed E-state index contributed by atoms with van der Waals surface area (Å²) in [5.74, 6) is 1.08. The summed E-state index contributed by atoms with van der Waals surface area (Å²) in [5.41, 5.74) is -0.153. The molecule has 5 heteroatoms. The predicted molar refractivity (Wildman–Crippen MR) is 82.6 cm³/mol. The second kappa shape index (κ2) is 8.39. The molecule has 0 fully saturated rings. The van der Waals surface area contributed by atoms with Gasteiger partial charge in [-0.25, -0.2) is 4.98 Å². The minimum absolute atomic E-state index is 0.153. The van der Waals surface area contributed by atoms with Crippen molar-refractivity contribution < 1.29 is 5.11 Å². The van der Waals surface area contributed by atoms with E-state index in [-0.39, 0.29) is 12.1 Å². The quantitative estimate of drug-likeness (QED) is 0.681. The molecule has 116 valence electrons. The van der Waals surface area contributed by atoms with Gasteiger partial charge in [0.2, 0.25) is 0 Å². The molecule has 5 nitrogen and oxygen atoms in total. The fourth-order valence-electron chi connectivity index (χ4n) is 2.26. The first-order valence-electron chi connectivity index (χ1n) is 7.51. The van der Waals surface area contributed by atoms with Gasteiger partial charge in [-0.15, -0.1) is 0 Å². The molecule has 1 unspecified atom stereocenters. The van der Waals surface area contributed by atoms with Crippen molar-refractivity contribution >= 4 is 0 Å². The Hall–Kier alpha value is -0.910. The number of hydrogen-bond donors (Lipinski definition) is 2. The summed E-state index contributed by atoms with van der Waals surface area (Å²) < 4.78 is 2.05. The van der Waals surface area contributed by atoms with E-state index in [0.717, 1.165) is 44.7 Å². The minimum atomic E-state index is -0.153. The first kappa shape index (κ1) is 17.1. The Kier molecular flexibility index (Phi) is 7.19. The third-order valence-corrected chi connectivity index (χ3v) is 3.75. The Morgan fingerprint density at radius 3 is 2.80 bits per heavy atom. The molecule has 1 atom stereocenters. The van der Waals surface area contributed by atoms with Gasteiger partial charge < -0.3 is 15.0 Å². The van der Waals surface area contributed by atoms with Crippen molar-refractivity contribution in [1.82, 2.24) is 19.8 Å². The summed E-state index contributed by atoms with van der Waals surface area (Å²) in [5, 5.41) is 13.0. The molecule has 1 heterocycles. The van der Waals surface area contributed by atoms with Gasteiger partial charge in [-0.2, -0.15) is 0 Å². The van der Waals surface area contributed by atoms with Crippen LogP contribution in [0.25, 0.3) is 0 Å². The highest BCUT2D eigenvalue weighted by Gasteiger charge is 2.21. The van der Waals surface area contributed by atoms with Crippen LogP contribution in [0.1, 0.15) is 38.9 Å². The maximum atomic E-state index is 9.53. The maximum Gasteiger partial charge on any atom is 0.122 e. The smallest absolute Gasteiger partial charge is 0.122 e. The fraction of sp³-hybridized carbons (Fsp3) is 0.800. The molecule has 0 bridgehead atoms. The van der Waals surface area contributed by atoms with Gasteiger partial charge in [-0.3, -0.25) is 4.90 Å². The molecule has 0 radical (unpaired) electrons. The van der Waals surface area contributed by atoms with Crippen LogP contribution in [-0.4, -0.2) is 51.8 Å². The number of imidazole rings is 1. The zero-order chi connectivity index (χ0) is 15.0. The van der Waals surface area contributed by atoms with E-state index in [2.05, 4.69) is 40.7 Å². The van der Waals surface area contributed by atoms with E-state index in [4.69, 9.17) is 0 Å². The van der Waals surface area contributed by atoms with Crippen molar-refractivity contribution in [2.75, 3.05) is 26.7 Å². The lowest BCUT2D eigenvalue weighted by Crippen LogP contribution is -2.46. The number of aliphatic hydroxyl groups is 1. The molecule has 0 spiro atoms. The van der Waals surface area contributed by atoms with Crippen molar-refractivity contribution in [3.05, 3.63) is 18.2 Å². The standard InChI is InChI=1S/C15H30N4O/c1-5-8-17-15(2,13-20)7-6-10-18(3)12-14-16-9-11-19(14)4/h9,11,17,20H,5-8,10,12-13H2,1-4H3. The Balaban J connectivity index is 2.30. The van der Waals surface area contributed by atoms with Crippen molar-refractivity contribution in [1.29, 1.82) is 0 Å². The van der Waals surface area contributed by atoms with E-state index in [9.17, 15) is 5.11 Å². The zero-order valence-electron chi connectivity index (χ0n) is 13.4. The number of hydrogen-bond acceptors (Lipinski definition) is 4. The van der Waals surface area contributed by atoms with E-state index in [0.29, 0.717) is 0 Å². The van der Waals surface area contributed by atoms with Crippen LogP contribution in [0.4, 0.5) is 0 Å². The van der Waals surface area contributed by atoms with Crippen LogP contribution in [0, 0.1) is 0 Å². The van der Waals surface area contributed by atoms with Crippen LogP contribution < -0.4 is 5.32 Å². The van der Waals surface area contributed by atoms with Crippen LogP contribution in [0.5, 0.6) is 0 Å². The van der Waals surface area contributed by atoms with Gasteiger partial charge in [0.25, 0.3) is 0 Å².